The fourth-order valence-corrected chi connectivity index (χ4v) is 2.61. The van der Waals surface area contributed by atoms with Crippen molar-refractivity contribution in [2.75, 3.05) is 13.2 Å². The molecule has 1 aromatic heterocycles. The molecule has 3 N–H and O–H groups in total. The van der Waals surface area contributed by atoms with Gasteiger partial charge in [0.2, 0.25) is 0 Å². The largest absolute Gasteiger partial charge is 0.396 e. The zero-order valence-electron chi connectivity index (χ0n) is 10.6. The molecular weight excluding hydrogens is 224 g/mol. The van der Waals surface area contributed by atoms with Gasteiger partial charge in [-0.3, -0.25) is 0 Å². The Bertz CT molecular complexity index is 528. The molecule has 1 heterocycles. The predicted molar refractivity (Wildman–Crippen MR) is 73.4 cm³/mol. The predicted octanol–water partition coefficient (Wildman–Crippen LogP) is 2.42. The van der Waals surface area contributed by atoms with E-state index in [1.807, 2.05) is 6.20 Å². The molecule has 1 aliphatic carbocycles. The molecule has 0 bridgehead atoms. The maximum absolute atomic E-state index is 9.02. The number of H-pyrrole nitrogens is 1. The maximum Gasteiger partial charge on any atom is 0.0457 e. The Balaban J connectivity index is 1.56. The number of fused-ring (bicyclic) bond motifs is 1. The molecule has 0 amide bonds. The molecule has 96 valence electrons. The molecule has 1 fully saturated rings. The third-order valence-corrected chi connectivity index (χ3v) is 4.05. The maximum atomic E-state index is 9.02. The average molecular weight is 244 g/mol. The number of hydrogen-bond donors (Lipinski definition) is 3. The zero-order chi connectivity index (χ0) is 12.4. The first-order valence-corrected chi connectivity index (χ1v) is 6.69. The quantitative estimate of drug-likeness (QED) is 0.731. The normalized spacial score (nSPS) is 17.2. The number of nitrogens with one attached hydrogen (secondary N) is 2. The third-order valence-electron chi connectivity index (χ3n) is 4.05. The van der Waals surface area contributed by atoms with Crippen LogP contribution in [0.2, 0.25) is 0 Å². The molecule has 3 heteroatoms. The molecule has 1 aromatic carbocycles. The second-order valence-corrected chi connectivity index (χ2v) is 5.48. The highest BCUT2D eigenvalue weighted by Gasteiger charge is 2.41. The highest BCUT2D eigenvalue weighted by Crippen LogP contribution is 2.47. The summed E-state index contributed by atoms with van der Waals surface area (Å²) in [4.78, 5) is 3.24. The third kappa shape index (κ3) is 2.42. The van der Waals surface area contributed by atoms with E-state index in [-0.39, 0.29) is 0 Å². The molecule has 18 heavy (non-hydrogen) atoms. The summed E-state index contributed by atoms with van der Waals surface area (Å²) in [5, 5.41) is 13.8. The lowest BCUT2D eigenvalue weighted by Gasteiger charge is -2.14. The van der Waals surface area contributed by atoms with E-state index in [9.17, 15) is 0 Å². The smallest absolute Gasteiger partial charge is 0.0457 e. The van der Waals surface area contributed by atoms with Crippen LogP contribution in [-0.2, 0) is 6.54 Å². The van der Waals surface area contributed by atoms with Crippen molar-refractivity contribution in [3.05, 3.63) is 36.0 Å². The van der Waals surface area contributed by atoms with Gasteiger partial charge in [0.25, 0.3) is 0 Å². The van der Waals surface area contributed by atoms with Gasteiger partial charge in [0.05, 0.1) is 0 Å². The minimum Gasteiger partial charge on any atom is -0.396 e. The Labute approximate surface area is 107 Å². The highest BCUT2D eigenvalue weighted by molar-refractivity contribution is 5.79. The fourth-order valence-electron chi connectivity index (χ4n) is 2.61. The van der Waals surface area contributed by atoms with Crippen LogP contribution in [0.3, 0.4) is 0 Å². The van der Waals surface area contributed by atoms with Gasteiger partial charge < -0.3 is 15.4 Å². The summed E-state index contributed by atoms with van der Waals surface area (Å²) in [5.41, 5.74) is 2.90. The second kappa shape index (κ2) is 4.75. The number of rotatable bonds is 6. The molecule has 0 radical (unpaired) electrons. The van der Waals surface area contributed by atoms with Crippen molar-refractivity contribution in [2.24, 2.45) is 5.41 Å². The molecule has 1 saturated carbocycles. The standard InChI is InChI=1S/C15H20N2O/c18-8-6-15(4-5-15)11-16-10-12-1-2-13-3-7-17-14(13)9-12/h1-3,7,9,16-18H,4-6,8,10-11H2. The number of aromatic amines is 1. The van der Waals surface area contributed by atoms with Crippen LogP contribution < -0.4 is 5.32 Å². The second-order valence-electron chi connectivity index (χ2n) is 5.48. The van der Waals surface area contributed by atoms with Gasteiger partial charge in [-0.05, 0) is 47.8 Å². The van der Waals surface area contributed by atoms with E-state index in [2.05, 4.69) is 34.6 Å². The van der Waals surface area contributed by atoms with Crippen LogP contribution in [-0.4, -0.2) is 23.2 Å². The molecule has 0 spiro atoms. The van der Waals surface area contributed by atoms with Gasteiger partial charge in [-0.15, -0.1) is 0 Å². The summed E-state index contributed by atoms with van der Waals surface area (Å²) in [6.07, 6.45) is 5.43. The topological polar surface area (TPSA) is 48.0 Å². The first-order chi connectivity index (χ1) is 8.81. The van der Waals surface area contributed by atoms with E-state index in [0.717, 1.165) is 19.5 Å². The van der Waals surface area contributed by atoms with Crippen LogP contribution >= 0.6 is 0 Å². The summed E-state index contributed by atoms with van der Waals surface area (Å²) in [6, 6.07) is 8.62. The summed E-state index contributed by atoms with van der Waals surface area (Å²) >= 11 is 0. The number of aliphatic hydroxyl groups excluding tert-OH is 1. The Kier molecular flexibility index (Phi) is 3.10. The van der Waals surface area contributed by atoms with Crippen molar-refractivity contribution in [2.45, 2.75) is 25.8 Å². The van der Waals surface area contributed by atoms with Gasteiger partial charge in [0.15, 0.2) is 0 Å². The van der Waals surface area contributed by atoms with E-state index in [1.165, 1.54) is 29.3 Å². The molecule has 0 atom stereocenters. The zero-order valence-corrected chi connectivity index (χ0v) is 10.6. The first-order valence-electron chi connectivity index (χ1n) is 6.69. The Hall–Kier alpha value is -1.32. The van der Waals surface area contributed by atoms with Crippen LogP contribution in [0.1, 0.15) is 24.8 Å². The van der Waals surface area contributed by atoms with E-state index in [4.69, 9.17) is 5.11 Å². The molecule has 0 saturated heterocycles. The molecular formula is C15H20N2O. The summed E-state index contributed by atoms with van der Waals surface area (Å²) in [5.74, 6) is 0. The van der Waals surface area contributed by atoms with Gasteiger partial charge >= 0.3 is 0 Å². The molecule has 2 aromatic rings. The van der Waals surface area contributed by atoms with E-state index in [1.54, 1.807) is 0 Å². The molecule has 3 nitrogen and oxygen atoms in total. The van der Waals surface area contributed by atoms with Gasteiger partial charge in [-0.2, -0.15) is 0 Å². The highest BCUT2D eigenvalue weighted by atomic mass is 16.3. The lowest BCUT2D eigenvalue weighted by atomic mass is 10.0. The molecule has 3 rings (SSSR count). The first kappa shape index (κ1) is 11.8. The summed E-state index contributed by atoms with van der Waals surface area (Å²) < 4.78 is 0. The fraction of sp³-hybridized carbons (Fsp3) is 0.467. The van der Waals surface area contributed by atoms with Crippen molar-refractivity contribution in [1.82, 2.24) is 10.3 Å². The Morgan fingerprint density at radius 3 is 2.94 bits per heavy atom. The van der Waals surface area contributed by atoms with Crippen molar-refractivity contribution in [3.8, 4) is 0 Å². The van der Waals surface area contributed by atoms with Gasteiger partial charge in [-0.1, -0.05) is 12.1 Å². The van der Waals surface area contributed by atoms with Crippen molar-refractivity contribution >= 4 is 10.9 Å². The molecule has 0 unspecified atom stereocenters. The lowest BCUT2D eigenvalue weighted by molar-refractivity contribution is 0.245. The van der Waals surface area contributed by atoms with E-state index < -0.39 is 0 Å². The number of benzene rings is 1. The van der Waals surface area contributed by atoms with Crippen LogP contribution in [0.15, 0.2) is 30.5 Å². The number of hydrogen-bond acceptors (Lipinski definition) is 2. The van der Waals surface area contributed by atoms with Crippen molar-refractivity contribution < 1.29 is 5.11 Å². The molecule has 0 aliphatic heterocycles. The summed E-state index contributed by atoms with van der Waals surface area (Å²) in [6.45, 7) is 2.24. The number of aromatic nitrogens is 1. The molecule has 1 aliphatic rings. The van der Waals surface area contributed by atoms with Crippen LogP contribution in [0.4, 0.5) is 0 Å². The summed E-state index contributed by atoms with van der Waals surface area (Å²) in [7, 11) is 0. The van der Waals surface area contributed by atoms with Crippen molar-refractivity contribution in [3.63, 3.8) is 0 Å². The van der Waals surface area contributed by atoms with Crippen LogP contribution in [0.5, 0.6) is 0 Å². The van der Waals surface area contributed by atoms with Gasteiger partial charge in [0.1, 0.15) is 0 Å². The number of aliphatic hydroxyl groups is 1. The van der Waals surface area contributed by atoms with Crippen LogP contribution in [0, 0.1) is 5.41 Å². The van der Waals surface area contributed by atoms with E-state index in [0.29, 0.717) is 12.0 Å². The monoisotopic (exact) mass is 244 g/mol. The minimum absolute atomic E-state index is 0.316. The van der Waals surface area contributed by atoms with E-state index >= 15 is 0 Å². The average Bonchev–Trinajstić information content (AvgIpc) is 2.97. The minimum atomic E-state index is 0.316. The lowest BCUT2D eigenvalue weighted by Crippen LogP contribution is -2.24. The SMILES string of the molecule is OCCC1(CNCc2ccc3cc[nH]c3c2)CC1. The van der Waals surface area contributed by atoms with Gasteiger partial charge in [0, 0.05) is 31.4 Å². The van der Waals surface area contributed by atoms with Gasteiger partial charge in [-0.25, -0.2) is 0 Å². The Morgan fingerprint density at radius 1 is 1.28 bits per heavy atom. The van der Waals surface area contributed by atoms with Crippen LogP contribution in [0.25, 0.3) is 10.9 Å². The Morgan fingerprint density at radius 2 is 2.17 bits per heavy atom. The van der Waals surface area contributed by atoms with Crippen molar-refractivity contribution in [1.29, 1.82) is 0 Å².